The summed E-state index contributed by atoms with van der Waals surface area (Å²) < 4.78 is 1.65. The van der Waals surface area contributed by atoms with Gasteiger partial charge in [-0.25, -0.2) is 4.68 Å². The van der Waals surface area contributed by atoms with Crippen molar-refractivity contribution < 1.29 is 4.79 Å². The number of hydrogen-bond acceptors (Lipinski definition) is 2. The molecule has 88 valence electrons. The van der Waals surface area contributed by atoms with Gasteiger partial charge >= 0.3 is 0 Å². The lowest BCUT2D eigenvalue weighted by atomic mass is 10.2. The number of halogens is 2. The van der Waals surface area contributed by atoms with E-state index in [9.17, 15) is 4.79 Å². The van der Waals surface area contributed by atoms with Crippen LogP contribution in [0.1, 0.15) is 21.7 Å². The van der Waals surface area contributed by atoms with Crippen LogP contribution in [0.15, 0.2) is 18.2 Å². The number of aldehydes is 1. The van der Waals surface area contributed by atoms with Gasteiger partial charge in [-0.2, -0.15) is 5.10 Å². The molecule has 0 fully saturated rings. The van der Waals surface area contributed by atoms with E-state index in [4.69, 9.17) is 23.2 Å². The van der Waals surface area contributed by atoms with Gasteiger partial charge in [0.1, 0.15) is 0 Å². The van der Waals surface area contributed by atoms with Gasteiger partial charge in [-0.15, -0.1) is 0 Å². The highest BCUT2D eigenvalue weighted by Crippen LogP contribution is 2.26. The Morgan fingerprint density at radius 3 is 2.53 bits per heavy atom. The first-order valence-electron chi connectivity index (χ1n) is 5.01. The average Bonchev–Trinajstić information content (AvgIpc) is 2.54. The second kappa shape index (κ2) is 4.51. The Kier molecular flexibility index (Phi) is 3.22. The van der Waals surface area contributed by atoms with Crippen LogP contribution in [0, 0.1) is 13.8 Å². The van der Waals surface area contributed by atoms with Gasteiger partial charge < -0.3 is 0 Å². The minimum Gasteiger partial charge on any atom is -0.298 e. The van der Waals surface area contributed by atoms with Crippen LogP contribution in [0.4, 0.5) is 0 Å². The topological polar surface area (TPSA) is 34.9 Å². The number of hydrogen-bond donors (Lipinski definition) is 0. The van der Waals surface area contributed by atoms with Gasteiger partial charge in [0, 0.05) is 5.02 Å². The number of aromatic nitrogens is 2. The van der Waals surface area contributed by atoms with Crippen molar-refractivity contribution in [1.29, 1.82) is 0 Å². The smallest absolute Gasteiger partial charge is 0.153 e. The van der Waals surface area contributed by atoms with E-state index in [1.165, 1.54) is 0 Å². The number of benzene rings is 1. The molecule has 17 heavy (non-hydrogen) atoms. The van der Waals surface area contributed by atoms with Crippen LogP contribution in [0.25, 0.3) is 5.69 Å². The second-order valence-corrected chi connectivity index (χ2v) is 4.55. The summed E-state index contributed by atoms with van der Waals surface area (Å²) >= 11 is 11.9. The van der Waals surface area contributed by atoms with Gasteiger partial charge in [0.15, 0.2) is 6.29 Å². The van der Waals surface area contributed by atoms with E-state index in [0.29, 0.717) is 27.0 Å². The van der Waals surface area contributed by atoms with Crippen LogP contribution in [0.2, 0.25) is 10.0 Å². The van der Waals surface area contributed by atoms with Crippen LogP contribution in [-0.2, 0) is 0 Å². The van der Waals surface area contributed by atoms with Gasteiger partial charge in [0.25, 0.3) is 0 Å². The molecule has 0 radical (unpaired) electrons. The molecule has 0 aliphatic heterocycles. The first-order chi connectivity index (χ1) is 8.04. The summed E-state index contributed by atoms with van der Waals surface area (Å²) in [6.07, 6.45) is 0.804. The summed E-state index contributed by atoms with van der Waals surface area (Å²) in [5, 5.41) is 5.37. The van der Waals surface area contributed by atoms with E-state index in [2.05, 4.69) is 5.10 Å². The maximum Gasteiger partial charge on any atom is 0.153 e. The maximum atomic E-state index is 10.9. The van der Waals surface area contributed by atoms with Gasteiger partial charge in [-0.3, -0.25) is 4.79 Å². The third-order valence-corrected chi connectivity index (χ3v) is 3.14. The van der Waals surface area contributed by atoms with Crippen molar-refractivity contribution in [3.8, 4) is 5.69 Å². The van der Waals surface area contributed by atoms with E-state index in [0.717, 1.165) is 12.0 Å². The van der Waals surface area contributed by atoms with Gasteiger partial charge in [-0.1, -0.05) is 23.2 Å². The first kappa shape index (κ1) is 12.1. The lowest BCUT2D eigenvalue weighted by molar-refractivity contribution is 0.112. The maximum absolute atomic E-state index is 10.9. The summed E-state index contributed by atoms with van der Waals surface area (Å²) in [6.45, 7) is 3.62. The summed E-state index contributed by atoms with van der Waals surface area (Å²) in [7, 11) is 0. The molecule has 0 bridgehead atoms. The van der Waals surface area contributed by atoms with E-state index in [1.54, 1.807) is 29.8 Å². The zero-order chi connectivity index (χ0) is 12.6. The number of aryl methyl sites for hydroxylation is 1. The van der Waals surface area contributed by atoms with E-state index >= 15 is 0 Å². The molecule has 0 atom stereocenters. The molecule has 0 aliphatic carbocycles. The Morgan fingerprint density at radius 2 is 2.00 bits per heavy atom. The Labute approximate surface area is 109 Å². The zero-order valence-corrected chi connectivity index (χ0v) is 10.9. The molecular formula is C12H10Cl2N2O. The largest absolute Gasteiger partial charge is 0.298 e. The second-order valence-electron chi connectivity index (χ2n) is 3.71. The molecule has 5 heteroatoms. The summed E-state index contributed by atoms with van der Waals surface area (Å²) in [4.78, 5) is 10.9. The minimum absolute atomic E-state index is 0.501. The van der Waals surface area contributed by atoms with E-state index in [1.807, 2.05) is 6.92 Å². The quantitative estimate of drug-likeness (QED) is 0.780. The highest BCUT2D eigenvalue weighted by atomic mass is 35.5. The first-order valence-corrected chi connectivity index (χ1v) is 5.77. The Balaban J connectivity index is 2.65. The molecule has 0 saturated carbocycles. The average molecular weight is 269 g/mol. The van der Waals surface area contributed by atoms with Gasteiger partial charge in [0.2, 0.25) is 0 Å². The van der Waals surface area contributed by atoms with Crippen LogP contribution in [0.5, 0.6) is 0 Å². The molecule has 0 amide bonds. The molecule has 1 heterocycles. The fourth-order valence-electron chi connectivity index (χ4n) is 1.71. The highest BCUT2D eigenvalue weighted by molar-refractivity contribution is 6.35. The molecule has 1 aromatic heterocycles. The van der Waals surface area contributed by atoms with E-state index in [-0.39, 0.29) is 0 Å². The van der Waals surface area contributed by atoms with Crippen molar-refractivity contribution in [3.05, 3.63) is 45.2 Å². The number of carbonyl (C=O) groups excluding carboxylic acids is 1. The van der Waals surface area contributed by atoms with Crippen LogP contribution in [-0.4, -0.2) is 16.1 Å². The van der Waals surface area contributed by atoms with Crippen LogP contribution in [0.3, 0.4) is 0 Å². The third kappa shape index (κ3) is 2.08. The molecule has 0 saturated heterocycles. The Morgan fingerprint density at radius 1 is 1.29 bits per heavy atom. The van der Waals surface area contributed by atoms with Crippen molar-refractivity contribution in [3.63, 3.8) is 0 Å². The predicted molar refractivity (Wildman–Crippen MR) is 68.4 cm³/mol. The minimum atomic E-state index is 0.501. The van der Waals surface area contributed by atoms with Gasteiger partial charge in [-0.05, 0) is 32.0 Å². The zero-order valence-electron chi connectivity index (χ0n) is 9.37. The lowest BCUT2D eigenvalue weighted by Gasteiger charge is -2.06. The van der Waals surface area contributed by atoms with Gasteiger partial charge in [0.05, 0.1) is 27.7 Å². The fourth-order valence-corrected chi connectivity index (χ4v) is 2.20. The van der Waals surface area contributed by atoms with Crippen molar-refractivity contribution in [2.75, 3.05) is 0 Å². The molecule has 0 spiro atoms. The Hall–Kier alpha value is -1.32. The van der Waals surface area contributed by atoms with Crippen molar-refractivity contribution >= 4 is 29.5 Å². The summed E-state index contributed by atoms with van der Waals surface area (Å²) in [5.74, 6) is 0. The molecule has 0 N–H and O–H groups in total. The van der Waals surface area contributed by atoms with Crippen LogP contribution >= 0.6 is 23.2 Å². The molecule has 3 nitrogen and oxygen atoms in total. The van der Waals surface area contributed by atoms with E-state index < -0.39 is 0 Å². The number of nitrogens with zero attached hydrogens (tertiary/aromatic N) is 2. The number of carbonyl (C=O) groups is 1. The standard InChI is InChI=1S/C12H10Cl2N2O/c1-7-10(6-17)8(2)16(15-7)12-4-3-9(13)5-11(12)14/h3-6H,1-2H3. The summed E-state index contributed by atoms with van der Waals surface area (Å²) in [5.41, 5.74) is 2.76. The molecular weight excluding hydrogens is 259 g/mol. The Bertz CT molecular complexity index is 590. The lowest BCUT2D eigenvalue weighted by Crippen LogP contribution is -2.00. The fraction of sp³-hybridized carbons (Fsp3) is 0.167. The van der Waals surface area contributed by atoms with Crippen molar-refractivity contribution in [2.45, 2.75) is 13.8 Å². The molecule has 2 rings (SSSR count). The highest BCUT2D eigenvalue weighted by Gasteiger charge is 2.13. The van der Waals surface area contributed by atoms with Crippen molar-refractivity contribution in [2.24, 2.45) is 0 Å². The normalized spacial score (nSPS) is 10.6. The molecule has 0 unspecified atom stereocenters. The molecule has 1 aromatic carbocycles. The van der Waals surface area contributed by atoms with Crippen molar-refractivity contribution in [1.82, 2.24) is 9.78 Å². The van der Waals surface area contributed by atoms with Crippen LogP contribution < -0.4 is 0 Å². The SMILES string of the molecule is Cc1nn(-c2ccc(Cl)cc2Cl)c(C)c1C=O. The molecule has 0 aliphatic rings. The monoisotopic (exact) mass is 268 g/mol. The summed E-state index contributed by atoms with van der Waals surface area (Å²) in [6, 6.07) is 5.16. The third-order valence-electron chi connectivity index (χ3n) is 2.60. The molecule has 2 aromatic rings. The number of rotatable bonds is 2. The predicted octanol–water partition coefficient (Wildman–Crippen LogP) is 3.61.